The summed E-state index contributed by atoms with van der Waals surface area (Å²) in [5, 5.41) is 0.952. The monoisotopic (exact) mass is 213 g/mol. The van der Waals surface area contributed by atoms with Crippen molar-refractivity contribution in [3.8, 4) is 5.75 Å². The Morgan fingerprint density at radius 2 is 2.12 bits per heavy atom. The first kappa shape index (κ1) is 9.21. The summed E-state index contributed by atoms with van der Waals surface area (Å²) >= 11 is 0. The number of ether oxygens (including phenoxy) is 1. The summed E-state index contributed by atoms with van der Waals surface area (Å²) in [5.41, 5.74) is 1.32. The maximum atomic E-state index is 11.8. The molecule has 0 saturated carbocycles. The van der Waals surface area contributed by atoms with Gasteiger partial charge in [-0.25, -0.2) is 0 Å². The van der Waals surface area contributed by atoms with Gasteiger partial charge in [-0.15, -0.1) is 0 Å². The van der Waals surface area contributed by atoms with Crippen LogP contribution in [-0.4, -0.2) is 11.1 Å². The van der Waals surface area contributed by atoms with Gasteiger partial charge >= 0.3 is 0 Å². The van der Waals surface area contributed by atoms with E-state index in [4.69, 9.17) is 4.74 Å². The second kappa shape index (κ2) is 3.23. The molecule has 1 aliphatic heterocycles. The van der Waals surface area contributed by atoms with Crippen LogP contribution in [0, 0.1) is 0 Å². The highest BCUT2D eigenvalue weighted by Gasteiger charge is 2.17. The van der Waals surface area contributed by atoms with Crippen LogP contribution in [0.4, 0.5) is 0 Å². The molecule has 0 spiro atoms. The molecule has 0 aliphatic carbocycles. The molecule has 1 unspecified atom stereocenters. The van der Waals surface area contributed by atoms with Crippen molar-refractivity contribution in [1.82, 2.24) is 4.98 Å². The zero-order chi connectivity index (χ0) is 11.1. The number of fused-ring (bicyclic) bond motifs is 3. The molecule has 0 bridgehead atoms. The molecule has 2 heterocycles. The van der Waals surface area contributed by atoms with Gasteiger partial charge in [0, 0.05) is 5.39 Å². The van der Waals surface area contributed by atoms with Crippen LogP contribution in [0.1, 0.15) is 12.5 Å². The molecule has 1 aromatic heterocycles. The fraction of sp³-hybridized carbons (Fsp3) is 0.154. The third-order valence-electron chi connectivity index (χ3n) is 2.75. The van der Waals surface area contributed by atoms with Gasteiger partial charge in [0.05, 0.1) is 11.1 Å². The van der Waals surface area contributed by atoms with Crippen LogP contribution in [0.25, 0.3) is 17.0 Å². The normalized spacial score (nSPS) is 18.2. The molecule has 0 fully saturated rings. The Kier molecular flexibility index (Phi) is 1.86. The predicted octanol–water partition coefficient (Wildman–Crippen LogP) is 2.32. The molecule has 0 saturated heterocycles. The Hall–Kier alpha value is -2.03. The fourth-order valence-electron chi connectivity index (χ4n) is 1.96. The van der Waals surface area contributed by atoms with Gasteiger partial charge in [0.1, 0.15) is 11.9 Å². The van der Waals surface area contributed by atoms with Gasteiger partial charge < -0.3 is 9.72 Å². The second-order valence-corrected chi connectivity index (χ2v) is 3.92. The van der Waals surface area contributed by atoms with E-state index in [1.165, 1.54) is 0 Å². The highest BCUT2D eigenvalue weighted by Crippen LogP contribution is 2.30. The standard InChI is InChI=1S/C13H11NO2/c1-8-6-7-10-12(16-8)9-4-2-3-5-11(9)14-13(10)15/h2-8H,1H3,(H,14,15). The molecular weight excluding hydrogens is 202 g/mol. The van der Waals surface area contributed by atoms with E-state index in [0.29, 0.717) is 11.3 Å². The van der Waals surface area contributed by atoms with Crippen LogP contribution in [-0.2, 0) is 0 Å². The molecular formula is C13H11NO2. The molecule has 16 heavy (non-hydrogen) atoms. The summed E-state index contributed by atoms with van der Waals surface area (Å²) in [6, 6.07) is 7.67. The van der Waals surface area contributed by atoms with E-state index in [1.807, 2.05) is 43.3 Å². The largest absolute Gasteiger partial charge is 0.485 e. The van der Waals surface area contributed by atoms with Crippen molar-refractivity contribution in [3.63, 3.8) is 0 Å². The molecule has 2 aromatic rings. The zero-order valence-corrected chi connectivity index (χ0v) is 8.86. The summed E-state index contributed by atoms with van der Waals surface area (Å²) in [6.45, 7) is 1.95. The lowest BCUT2D eigenvalue weighted by Gasteiger charge is -2.19. The summed E-state index contributed by atoms with van der Waals surface area (Å²) < 4.78 is 5.72. The first-order valence-corrected chi connectivity index (χ1v) is 5.25. The van der Waals surface area contributed by atoms with Crippen molar-refractivity contribution in [3.05, 3.63) is 46.3 Å². The summed E-state index contributed by atoms with van der Waals surface area (Å²) in [7, 11) is 0. The van der Waals surface area contributed by atoms with E-state index < -0.39 is 0 Å². The molecule has 1 aliphatic rings. The minimum atomic E-state index is -0.100. The van der Waals surface area contributed by atoms with Gasteiger partial charge in [-0.1, -0.05) is 12.1 Å². The second-order valence-electron chi connectivity index (χ2n) is 3.92. The number of aromatic amines is 1. The summed E-state index contributed by atoms with van der Waals surface area (Å²) in [6.07, 6.45) is 3.72. The quantitative estimate of drug-likeness (QED) is 0.729. The molecule has 0 radical (unpaired) electrons. The summed E-state index contributed by atoms with van der Waals surface area (Å²) in [5.74, 6) is 0.689. The summed E-state index contributed by atoms with van der Waals surface area (Å²) in [4.78, 5) is 14.6. The third-order valence-corrected chi connectivity index (χ3v) is 2.75. The molecule has 0 amide bonds. The van der Waals surface area contributed by atoms with E-state index in [2.05, 4.69) is 4.98 Å². The van der Waals surface area contributed by atoms with Crippen LogP contribution < -0.4 is 10.3 Å². The Morgan fingerprint density at radius 3 is 3.00 bits per heavy atom. The number of hydrogen-bond acceptors (Lipinski definition) is 2. The maximum Gasteiger partial charge on any atom is 0.259 e. The molecule has 1 atom stereocenters. The van der Waals surface area contributed by atoms with E-state index in [0.717, 1.165) is 10.9 Å². The van der Waals surface area contributed by atoms with Gasteiger partial charge in [0.2, 0.25) is 0 Å². The Bertz CT molecular complexity index is 640. The topological polar surface area (TPSA) is 42.1 Å². The predicted molar refractivity (Wildman–Crippen MR) is 63.7 cm³/mol. The number of rotatable bonds is 0. The first-order chi connectivity index (χ1) is 7.75. The lowest BCUT2D eigenvalue weighted by atomic mass is 10.1. The van der Waals surface area contributed by atoms with Crippen molar-refractivity contribution in [2.24, 2.45) is 0 Å². The van der Waals surface area contributed by atoms with Crippen molar-refractivity contribution in [2.45, 2.75) is 13.0 Å². The van der Waals surface area contributed by atoms with Gasteiger partial charge in [-0.2, -0.15) is 0 Å². The minimum absolute atomic E-state index is 0.0118. The molecule has 3 heteroatoms. The third kappa shape index (κ3) is 1.25. The lowest BCUT2D eigenvalue weighted by Crippen LogP contribution is -2.19. The molecule has 80 valence electrons. The number of nitrogens with one attached hydrogen (secondary N) is 1. The zero-order valence-electron chi connectivity index (χ0n) is 8.86. The minimum Gasteiger partial charge on any atom is -0.485 e. The lowest BCUT2D eigenvalue weighted by molar-refractivity contribution is 0.269. The van der Waals surface area contributed by atoms with E-state index in [1.54, 1.807) is 0 Å². The first-order valence-electron chi connectivity index (χ1n) is 5.25. The molecule has 1 aromatic carbocycles. The highest BCUT2D eigenvalue weighted by atomic mass is 16.5. The molecule has 3 nitrogen and oxygen atoms in total. The Morgan fingerprint density at radius 1 is 1.31 bits per heavy atom. The van der Waals surface area contributed by atoms with Crippen molar-refractivity contribution in [2.75, 3.05) is 0 Å². The number of benzene rings is 1. The Balaban J connectivity index is 2.44. The fourth-order valence-corrected chi connectivity index (χ4v) is 1.96. The average Bonchev–Trinajstić information content (AvgIpc) is 2.29. The van der Waals surface area contributed by atoms with Crippen LogP contribution in [0.3, 0.4) is 0 Å². The number of hydrogen-bond donors (Lipinski definition) is 1. The molecule has 3 rings (SSSR count). The molecule has 1 N–H and O–H groups in total. The number of aromatic nitrogens is 1. The highest BCUT2D eigenvalue weighted by molar-refractivity contribution is 5.88. The van der Waals surface area contributed by atoms with E-state index in [-0.39, 0.29) is 11.7 Å². The van der Waals surface area contributed by atoms with Gasteiger partial charge in [-0.3, -0.25) is 4.79 Å². The van der Waals surface area contributed by atoms with Crippen LogP contribution >= 0.6 is 0 Å². The smallest absolute Gasteiger partial charge is 0.259 e. The maximum absolute atomic E-state index is 11.8. The Labute approximate surface area is 92.4 Å². The number of pyridine rings is 1. The van der Waals surface area contributed by atoms with Gasteiger partial charge in [0.25, 0.3) is 5.56 Å². The average molecular weight is 213 g/mol. The van der Waals surface area contributed by atoms with Crippen molar-refractivity contribution >= 4 is 17.0 Å². The van der Waals surface area contributed by atoms with Crippen LogP contribution in [0.5, 0.6) is 5.75 Å². The van der Waals surface area contributed by atoms with Crippen LogP contribution in [0.2, 0.25) is 0 Å². The van der Waals surface area contributed by atoms with Gasteiger partial charge in [-0.05, 0) is 31.2 Å². The van der Waals surface area contributed by atoms with E-state index >= 15 is 0 Å². The SMILES string of the molecule is CC1C=Cc2c(c3ccccc3[nH]c2=O)O1. The van der Waals surface area contributed by atoms with Gasteiger partial charge in [0.15, 0.2) is 0 Å². The number of H-pyrrole nitrogens is 1. The van der Waals surface area contributed by atoms with Crippen molar-refractivity contribution in [1.29, 1.82) is 0 Å². The van der Waals surface area contributed by atoms with E-state index in [9.17, 15) is 4.79 Å². The number of para-hydroxylation sites is 1. The van der Waals surface area contributed by atoms with Crippen molar-refractivity contribution < 1.29 is 4.74 Å². The van der Waals surface area contributed by atoms with Crippen LogP contribution in [0.15, 0.2) is 35.1 Å².